The van der Waals surface area contributed by atoms with Crippen molar-refractivity contribution in [1.82, 2.24) is 10.3 Å². The standard InChI is InChI=1S/C19H19N3O4S/c1-27-18-14(6-4-10-20-18)19(25)26-11-16(23)22-15-7-3-2-5-13(15)17(24)21-12-8-9-12/h2-7,10,12H,8-9,11H2,1H3,(H,21,24)(H,22,23). The van der Waals surface area contributed by atoms with E-state index in [2.05, 4.69) is 15.6 Å². The molecule has 0 spiro atoms. The van der Waals surface area contributed by atoms with Crippen molar-refractivity contribution in [3.05, 3.63) is 53.7 Å². The monoisotopic (exact) mass is 385 g/mol. The van der Waals surface area contributed by atoms with Crippen molar-refractivity contribution in [3.8, 4) is 0 Å². The number of hydrogen-bond donors (Lipinski definition) is 2. The Morgan fingerprint density at radius 3 is 2.63 bits per heavy atom. The molecule has 0 aliphatic heterocycles. The largest absolute Gasteiger partial charge is 0.452 e. The average molecular weight is 385 g/mol. The molecule has 1 heterocycles. The lowest BCUT2D eigenvalue weighted by atomic mass is 10.1. The fourth-order valence-corrected chi connectivity index (χ4v) is 2.92. The topological polar surface area (TPSA) is 97.4 Å². The predicted octanol–water partition coefficient (Wildman–Crippen LogP) is 2.49. The Kier molecular flexibility index (Phi) is 6.08. The van der Waals surface area contributed by atoms with Crippen LogP contribution >= 0.6 is 11.8 Å². The summed E-state index contributed by atoms with van der Waals surface area (Å²) >= 11 is 1.32. The summed E-state index contributed by atoms with van der Waals surface area (Å²) in [5, 5.41) is 6.04. The number of nitrogens with zero attached hydrogens (tertiary/aromatic N) is 1. The van der Waals surface area contributed by atoms with Gasteiger partial charge in [0.2, 0.25) is 0 Å². The smallest absolute Gasteiger partial charge is 0.341 e. The number of ether oxygens (including phenoxy) is 1. The van der Waals surface area contributed by atoms with Gasteiger partial charge in [-0.15, -0.1) is 11.8 Å². The van der Waals surface area contributed by atoms with Gasteiger partial charge in [0.15, 0.2) is 6.61 Å². The molecule has 140 valence electrons. The summed E-state index contributed by atoms with van der Waals surface area (Å²) in [4.78, 5) is 40.7. The van der Waals surface area contributed by atoms with E-state index in [4.69, 9.17) is 4.74 Å². The van der Waals surface area contributed by atoms with Crippen LogP contribution in [0.5, 0.6) is 0 Å². The first-order chi connectivity index (χ1) is 13.1. The molecule has 1 saturated carbocycles. The van der Waals surface area contributed by atoms with Crippen molar-refractivity contribution in [1.29, 1.82) is 0 Å². The van der Waals surface area contributed by atoms with Crippen LogP contribution < -0.4 is 10.6 Å². The predicted molar refractivity (Wildman–Crippen MR) is 102 cm³/mol. The van der Waals surface area contributed by atoms with Gasteiger partial charge in [0.25, 0.3) is 11.8 Å². The number of pyridine rings is 1. The van der Waals surface area contributed by atoms with E-state index in [1.165, 1.54) is 11.8 Å². The zero-order valence-corrected chi connectivity index (χ0v) is 15.5. The number of benzene rings is 1. The number of amides is 2. The Labute approximate surface area is 160 Å². The van der Waals surface area contributed by atoms with Gasteiger partial charge in [-0.05, 0) is 43.4 Å². The van der Waals surface area contributed by atoms with Gasteiger partial charge in [-0.25, -0.2) is 9.78 Å². The fourth-order valence-electron chi connectivity index (χ4n) is 2.38. The van der Waals surface area contributed by atoms with Gasteiger partial charge in [-0.1, -0.05) is 12.1 Å². The first kappa shape index (κ1) is 18.9. The maximum absolute atomic E-state index is 12.3. The van der Waals surface area contributed by atoms with Gasteiger partial charge in [0, 0.05) is 12.2 Å². The Morgan fingerprint density at radius 1 is 1.15 bits per heavy atom. The van der Waals surface area contributed by atoms with Crippen LogP contribution in [-0.2, 0) is 9.53 Å². The first-order valence-electron chi connectivity index (χ1n) is 8.44. The molecule has 2 amide bonds. The van der Waals surface area contributed by atoms with Crippen LogP contribution in [0.2, 0.25) is 0 Å². The lowest BCUT2D eigenvalue weighted by molar-refractivity contribution is -0.119. The molecule has 0 bridgehead atoms. The quantitative estimate of drug-likeness (QED) is 0.561. The Balaban J connectivity index is 1.59. The number of carbonyl (C=O) groups is 3. The molecule has 1 aromatic carbocycles. The maximum atomic E-state index is 12.3. The second kappa shape index (κ2) is 8.68. The molecule has 27 heavy (non-hydrogen) atoms. The highest BCUT2D eigenvalue weighted by Crippen LogP contribution is 2.22. The summed E-state index contributed by atoms with van der Waals surface area (Å²) in [5.74, 6) is -1.38. The van der Waals surface area contributed by atoms with Crippen molar-refractivity contribution in [3.63, 3.8) is 0 Å². The molecule has 7 nitrogen and oxygen atoms in total. The molecule has 1 fully saturated rings. The molecule has 2 aromatic rings. The van der Waals surface area contributed by atoms with Crippen LogP contribution in [0.15, 0.2) is 47.6 Å². The third kappa shape index (κ3) is 5.07. The van der Waals surface area contributed by atoms with Crippen molar-refractivity contribution in [2.45, 2.75) is 23.9 Å². The summed E-state index contributed by atoms with van der Waals surface area (Å²) in [6.07, 6.45) is 5.33. The number of nitrogens with one attached hydrogen (secondary N) is 2. The molecular formula is C19H19N3O4S. The highest BCUT2D eigenvalue weighted by atomic mass is 32.2. The van der Waals surface area contributed by atoms with Crippen molar-refractivity contribution in [2.24, 2.45) is 0 Å². The number of para-hydroxylation sites is 1. The molecular weight excluding hydrogens is 366 g/mol. The third-order valence-electron chi connectivity index (χ3n) is 3.88. The van der Waals surface area contributed by atoms with Gasteiger partial charge in [-0.3, -0.25) is 9.59 Å². The highest BCUT2D eigenvalue weighted by Gasteiger charge is 2.25. The minimum atomic E-state index is -0.623. The maximum Gasteiger partial charge on any atom is 0.341 e. The van der Waals surface area contributed by atoms with E-state index in [1.54, 1.807) is 48.9 Å². The van der Waals surface area contributed by atoms with E-state index in [9.17, 15) is 14.4 Å². The van der Waals surface area contributed by atoms with Gasteiger partial charge in [0.05, 0.1) is 16.8 Å². The third-order valence-corrected chi connectivity index (χ3v) is 4.59. The van der Waals surface area contributed by atoms with Crippen molar-refractivity contribution in [2.75, 3.05) is 18.2 Å². The molecule has 2 N–H and O–H groups in total. The van der Waals surface area contributed by atoms with Gasteiger partial charge in [-0.2, -0.15) is 0 Å². The summed E-state index contributed by atoms with van der Waals surface area (Å²) in [7, 11) is 0. The molecule has 0 unspecified atom stereocenters. The van der Waals surface area contributed by atoms with E-state index in [0.717, 1.165) is 12.8 Å². The molecule has 0 saturated heterocycles. The van der Waals surface area contributed by atoms with Crippen LogP contribution in [0.3, 0.4) is 0 Å². The van der Waals surface area contributed by atoms with Gasteiger partial charge >= 0.3 is 5.97 Å². The summed E-state index contributed by atoms with van der Waals surface area (Å²) in [6.45, 7) is -0.458. The average Bonchev–Trinajstić information content (AvgIpc) is 3.50. The highest BCUT2D eigenvalue weighted by molar-refractivity contribution is 7.98. The molecule has 0 radical (unpaired) electrons. The van der Waals surface area contributed by atoms with Crippen LogP contribution in [0.25, 0.3) is 0 Å². The first-order valence-corrected chi connectivity index (χ1v) is 9.67. The summed E-state index contributed by atoms with van der Waals surface area (Å²) in [6, 6.07) is 10.2. The minimum Gasteiger partial charge on any atom is -0.452 e. The van der Waals surface area contributed by atoms with Crippen LogP contribution in [0.1, 0.15) is 33.6 Å². The number of esters is 1. The van der Waals surface area contributed by atoms with Crippen LogP contribution in [-0.4, -0.2) is 41.7 Å². The van der Waals surface area contributed by atoms with Crippen LogP contribution in [0, 0.1) is 0 Å². The van der Waals surface area contributed by atoms with E-state index in [0.29, 0.717) is 21.8 Å². The number of rotatable bonds is 7. The number of hydrogen-bond acceptors (Lipinski definition) is 6. The van der Waals surface area contributed by atoms with E-state index >= 15 is 0 Å². The van der Waals surface area contributed by atoms with Crippen molar-refractivity contribution < 1.29 is 19.1 Å². The summed E-state index contributed by atoms with van der Waals surface area (Å²) in [5.41, 5.74) is 1.06. The minimum absolute atomic E-state index is 0.215. The van der Waals surface area contributed by atoms with Crippen molar-refractivity contribution >= 4 is 35.2 Å². The molecule has 8 heteroatoms. The summed E-state index contributed by atoms with van der Waals surface area (Å²) < 4.78 is 5.07. The van der Waals surface area contributed by atoms with E-state index < -0.39 is 18.5 Å². The lowest BCUT2D eigenvalue weighted by Crippen LogP contribution is -2.28. The van der Waals surface area contributed by atoms with Gasteiger partial charge in [0.1, 0.15) is 5.03 Å². The SMILES string of the molecule is CSc1ncccc1C(=O)OCC(=O)Nc1ccccc1C(=O)NC1CC1. The number of carbonyl (C=O) groups excluding carboxylic acids is 3. The lowest BCUT2D eigenvalue weighted by Gasteiger charge is -2.11. The normalized spacial score (nSPS) is 12.9. The number of anilines is 1. The fraction of sp³-hybridized carbons (Fsp3) is 0.263. The zero-order valence-electron chi connectivity index (χ0n) is 14.7. The molecule has 3 rings (SSSR count). The number of thioether (sulfide) groups is 1. The Hall–Kier alpha value is -2.87. The van der Waals surface area contributed by atoms with Gasteiger partial charge < -0.3 is 15.4 Å². The zero-order chi connectivity index (χ0) is 19.2. The molecule has 0 atom stereocenters. The second-order valence-electron chi connectivity index (χ2n) is 5.98. The number of aromatic nitrogens is 1. The van der Waals surface area contributed by atoms with E-state index in [1.807, 2.05) is 0 Å². The van der Waals surface area contributed by atoms with Crippen LogP contribution in [0.4, 0.5) is 5.69 Å². The molecule has 1 aromatic heterocycles. The second-order valence-corrected chi connectivity index (χ2v) is 6.77. The molecule has 1 aliphatic rings. The molecule has 1 aliphatic carbocycles. The Bertz CT molecular complexity index is 868. The van der Waals surface area contributed by atoms with E-state index in [-0.39, 0.29) is 11.9 Å². The Morgan fingerprint density at radius 2 is 1.89 bits per heavy atom.